The van der Waals surface area contributed by atoms with Crippen LogP contribution in [0.4, 0.5) is 0 Å². The molecule has 0 amide bonds. The summed E-state index contributed by atoms with van der Waals surface area (Å²) < 4.78 is 1.50. The van der Waals surface area contributed by atoms with Gasteiger partial charge >= 0.3 is 0 Å². The molecule has 1 aromatic carbocycles. The Morgan fingerprint density at radius 3 is 2.75 bits per heavy atom. The van der Waals surface area contributed by atoms with Gasteiger partial charge in [-0.1, -0.05) is 36.2 Å². The highest BCUT2D eigenvalue weighted by atomic mass is 32.1. The van der Waals surface area contributed by atoms with E-state index in [-0.39, 0.29) is 0 Å². The number of fused-ring (bicyclic) bond motifs is 4. The number of benzene rings is 1. The Bertz CT molecular complexity index is 549. The lowest BCUT2D eigenvalue weighted by Gasteiger charge is -2.21. The predicted octanol–water partition coefficient (Wildman–Crippen LogP) is 3.91. The summed E-state index contributed by atoms with van der Waals surface area (Å²) in [5.41, 5.74) is 1.74. The molecule has 0 unspecified atom stereocenters. The monoisotopic (exact) mass is 244 g/mol. The second kappa shape index (κ2) is 3.20. The molecule has 82 valence electrons. The summed E-state index contributed by atoms with van der Waals surface area (Å²) in [6.07, 6.45) is 4.40. The van der Waals surface area contributed by atoms with Crippen molar-refractivity contribution in [1.82, 2.24) is 0 Å². The summed E-state index contributed by atoms with van der Waals surface area (Å²) >= 11 is 1.90. The first-order valence-corrected chi connectivity index (χ1v) is 9.89. The minimum Gasteiger partial charge on any atom is -0.144 e. The molecule has 1 saturated heterocycles. The van der Waals surface area contributed by atoms with E-state index in [0.717, 1.165) is 0 Å². The molecule has 1 spiro atoms. The van der Waals surface area contributed by atoms with Crippen LogP contribution in [0.5, 0.6) is 0 Å². The van der Waals surface area contributed by atoms with E-state index in [1.165, 1.54) is 24.0 Å². The van der Waals surface area contributed by atoms with Gasteiger partial charge in [-0.15, -0.1) is 11.3 Å². The zero-order valence-corrected chi connectivity index (χ0v) is 11.3. The van der Waals surface area contributed by atoms with E-state index in [0.29, 0.717) is 0 Å². The molecule has 1 aromatic heterocycles. The maximum Gasteiger partial charge on any atom is 0.0874 e. The summed E-state index contributed by atoms with van der Waals surface area (Å²) in [5.74, 6) is 0. The van der Waals surface area contributed by atoms with Crippen molar-refractivity contribution >= 4 is 34.7 Å². The zero-order valence-electron chi connectivity index (χ0n) is 9.46. The summed E-state index contributed by atoms with van der Waals surface area (Å²) in [7, 11) is -0.976. The van der Waals surface area contributed by atoms with E-state index < -0.39 is 8.07 Å². The molecule has 0 nitrogen and oxygen atoms in total. The van der Waals surface area contributed by atoms with Crippen molar-refractivity contribution in [1.29, 1.82) is 0 Å². The van der Waals surface area contributed by atoms with Crippen molar-refractivity contribution in [3.63, 3.8) is 0 Å². The van der Waals surface area contributed by atoms with Crippen LogP contribution < -0.4 is 5.19 Å². The Morgan fingerprint density at radius 1 is 1.00 bits per heavy atom. The molecular weight excluding hydrogens is 228 g/mol. The molecule has 0 radical (unpaired) electrons. The van der Waals surface area contributed by atoms with E-state index in [9.17, 15) is 0 Å². The SMILES string of the molecule is c1cc2c3c(ccc2s1)[Si]1(CCCC1)CC3. The van der Waals surface area contributed by atoms with Crippen molar-refractivity contribution in [2.45, 2.75) is 37.4 Å². The quantitative estimate of drug-likeness (QED) is 0.616. The van der Waals surface area contributed by atoms with Crippen LogP contribution in [0.15, 0.2) is 23.6 Å². The summed E-state index contributed by atoms with van der Waals surface area (Å²) in [5, 5.41) is 5.68. The molecule has 2 aliphatic heterocycles. The topological polar surface area (TPSA) is 0 Å². The van der Waals surface area contributed by atoms with Crippen molar-refractivity contribution in [2.75, 3.05) is 0 Å². The van der Waals surface area contributed by atoms with Gasteiger partial charge in [0.15, 0.2) is 0 Å². The number of hydrogen-bond donors (Lipinski definition) is 0. The van der Waals surface area contributed by atoms with Crippen molar-refractivity contribution in [2.24, 2.45) is 0 Å². The van der Waals surface area contributed by atoms with Gasteiger partial charge in [-0.2, -0.15) is 0 Å². The molecule has 1 fully saturated rings. The fraction of sp³-hybridized carbons (Fsp3) is 0.429. The second-order valence-corrected chi connectivity index (χ2v) is 11.0. The van der Waals surface area contributed by atoms with E-state index in [1.54, 1.807) is 29.1 Å². The van der Waals surface area contributed by atoms with Gasteiger partial charge in [0, 0.05) is 4.70 Å². The molecule has 3 heterocycles. The van der Waals surface area contributed by atoms with Crippen molar-refractivity contribution in [3.05, 3.63) is 29.1 Å². The van der Waals surface area contributed by atoms with Gasteiger partial charge in [0.05, 0.1) is 8.07 Å². The van der Waals surface area contributed by atoms with Gasteiger partial charge in [-0.25, -0.2) is 0 Å². The Labute approximate surface area is 101 Å². The van der Waals surface area contributed by atoms with Crippen LogP contribution in [-0.2, 0) is 6.42 Å². The zero-order chi connectivity index (χ0) is 10.6. The highest BCUT2D eigenvalue weighted by molar-refractivity contribution is 7.17. The number of aryl methyl sites for hydroxylation is 1. The standard InChI is InChI=1S/C14H16SSi/c1-2-9-16(8-1)10-6-12-11-5-7-15-13(11)3-4-14(12)16/h3-5,7H,1-2,6,8-10H2. The van der Waals surface area contributed by atoms with Gasteiger partial charge in [0.2, 0.25) is 0 Å². The van der Waals surface area contributed by atoms with Crippen molar-refractivity contribution < 1.29 is 0 Å². The molecule has 0 bridgehead atoms. The number of thiophene rings is 1. The van der Waals surface area contributed by atoms with Crippen LogP contribution in [0, 0.1) is 0 Å². The number of rotatable bonds is 0. The predicted molar refractivity (Wildman–Crippen MR) is 74.6 cm³/mol. The lowest BCUT2D eigenvalue weighted by molar-refractivity contribution is 0.935. The van der Waals surface area contributed by atoms with Gasteiger partial charge in [0.25, 0.3) is 0 Å². The third kappa shape index (κ3) is 1.09. The largest absolute Gasteiger partial charge is 0.144 e. The smallest absolute Gasteiger partial charge is 0.0874 e. The Morgan fingerprint density at radius 2 is 1.88 bits per heavy atom. The van der Waals surface area contributed by atoms with E-state index in [1.807, 2.05) is 16.5 Å². The molecule has 0 saturated carbocycles. The fourth-order valence-corrected chi connectivity index (χ4v) is 10.2. The van der Waals surface area contributed by atoms with E-state index in [4.69, 9.17) is 0 Å². The average Bonchev–Trinajstić information content (AvgIpc) is 3.01. The lowest BCUT2D eigenvalue weighted by Crippen LogP contribution is -2.41. The van der Waals surface area contributed by atoms with Gasteiger partial charge in [-0.05, 0) is 40.9 Å². The van der Waals surface area contributed by atoms with Gasteiger partial charge in [0.1, 0.15) is 0 Å². The summed E-state index contributed by atoms with van der Waals surface area (Å²) in [4.78, 5) is 0. The highest BCUT2D eigenvalue weighted by Gasteiger charge is 2.43. The van der Waals surface area contributed by atoms with Gasteiger partial charge in [-0.3, -0.25) is 0 Å². The molecule has 0 aliphatic carbocycles. The molecule has 2 aliphatic rings. The molecule has 0 N–H and O–H groups in total. The van der Waals surface area contributed by atoms with Crippen LogP contribution in [0.3, 0.4) is 0 Å². The second-order valence-electron chi connectivity index (χ2n) is 5.41. The third-order valence-electron chi connectivity index (χ3n) is 4.73. The fourth-order valence-electron chi connectivity index (χ4n) is 3.94. The van der Waals surface area contributed by atoms with Crippen molar-refractivity contribution in [3.8, 4) is 0 Å². The van der Waals surface area contributed by atoms with Crippen LogP contribution in [0.1, 0.15) is 18.4 Å². The molecule has 2 aromatic rings. The number of hydrogen-bond acceptors (Lipinski definition) is 1. The van der Waals surface area contributed by atoms with E-state index in [2.05, 4.69) is 23.6 Å². The first-order valence-electron chi connectivity index (χ1n) is 6.39. The highest BCUT2D eigenvalue weighted by Crippen LogP contribution is 2.41. The average molecular weight is 244 g/mol. The van der Waals surface area contributed by atoms with Crippen LogP contribution in [-0.4, -0.2) is 8.07 Å². The summed E-state index contributed by atoms with van der Waals surface area (Å²) in [6, 6.07) is 11.9. The molecule has 2 heteroatoms. The molecule has 4 rings (SSSR count). The molecular formula is C14H16SSi. The summed E-state index contributed by atoms with van der Waals surface area (Å²) in [6.45, 7) is 0. The Balaban J connectivity index is 1.99. The molecule has 16 heavy (non-hydrogen) atoms. The minimum absolute atomic E-state index is 0.976. The van der Waals surface area contributed by atoms with Crippen LogP contribution in [0.25, 0.3) is 10.1 Å². The first kappa shape index (κ1) is 9.43. The maximum atomic E-state index is 2.50. The normalized spacial score (nSPS) is 22.0. The van der Waals surface area contributed by atoms with E-state index >= 15 is 0 Å². The molecule has 0 atom stereocenters. The Hall–Kier alpha value is -0.603. The van der Waals surface area contributed by atoms with Crippen LogP contribution >= 0.6 is 11.3 Å². The third-order valence-corrected chi connectivity index (χ3v) is 11.1. The first-order chi connectivity index (χ1) is 7.89. The van der Waals surface area contributed by atoms with Crippen LogP contribution in [0.2, 0.25) is 18.1 Å². The Kier molecular flexibility index (Phi) is 1.89. The van der Waals surface area contributed by atoms with Gasteiger partial charge < -0.3 is 0 Å². The lowest BCUT2D eigenvalue weighted by atomic mass is 10.1. The maximum absolute atomic E-state index is 2.50. The minimum atomic E-state index is -0.976.